The molecule has 20 heavy (non-hydrogen) atoms. The Morgan fingerprint density at radius 3 is 2.50 bits per heavy atom. The van der Waals surface area contributed by atoms with Gasteiger partial charge in [-0.05, 0) is 25.2 Å². The molecule has 1 heterocycles. The van der Waals surface area contributed by atoms with Crippen LogP contribution in [-0.2, 0) is 0 Å². The van der Waals surface area contributed by atoms with Crippen LogP contribution in [0.2, 0.25) is 0 Å². The van der Waals surface area contributed by atoms with Gasteiger partial charge in [0.1, 0.15) is 0 Å². The van der Waals surface area contributed by atoms with Gasteiger partial charge in [-0.25, -0.2) is 5.01 Å². The first-order chi connectivity index (χ1) is 9.47. The van der Waals surface area contributed by atoms with Gasteiger partial charge in [0.05, 0.1) is 11.3 Å². The van der Waals surface area contributed by atoms with Crippen molar-refractivity contribution in [3.63, 3.8) is 0 Å². The van der Waals surface area contributed by atoms with Crippen LogP contribution in [0, 0.1) is 0 Å². The molecule has 0 aromatic heterocycles. The molecule has 2 rings (SSSR count). The summed E-state index contributed by atoms with van der Waals surface area (Å²) in [5.74, 6) is -0.0263. The van der Waals surface area contributed by atoms with Crippen LogP contribution in [0.25, 0.3) is 0 Å². The Hall–Kier alpha value is -1.79. The summed E-state index contributed by atoms with van der Waals surface area (Å²) in [6.45, 7) is 3.85. The van der Waals surface area contributed by atoms with E-state index >= 15 is 0 Å². The fourth-order valence-electron chi connectivity index (χ4n) is 2.17. The molecule has 3 N–H and O–H groups in total. The van der Waals surface area contributed by atoms with E-state index in [2.05, 4.69) is 22.4 Å². The third-order valence-corrected chi connectivity index (χ3v) is 3.46. The van der Waals surface area contributed by atoms with E-state index in [4.69, 9.17) is 5.73 Å². The fraction of sp³-hybridized carbons (Fsp3) is 0.500. The Morgan fingerprint density at radius 2 is 1.90 bits per heavy atom. The highest BCUT2D eigenvalue weighted by Crippen LogP contribution is 2.21. The first kappa shape index (κ1) is 14.6. The van der Waals surface area contributed by atoms with E-state index in [1.165, 1.54) is 0 Å². The number of amides is 1. The molecule has 1 aliphatic heterocycles. The molecule has 1 amide bonds. The maximum atomic E-state index is 12.2. The van der Waals surface area contributed by atoms with Crippen LogP contribution in [0.5, 0.6) is 0 Å². The van der Waals surface area contributed by atoms with Crippen molar-refractivity contribution >= 4 is 17.3 Å². The number of carbonyl (C=O) groups is 1. The topological polar surface area (TPSA) is 64.8 Å². The minimum atomic E-state index is -0.0263. The normalized spacial score (nSPS) is 16.9. The SMILES string of the molecule is CN1CCN(Nc2cc(N)ccc2C(=O)N(C)C)CC1. The molecular weight excluding hydrogens is 254 g/mol. The Kier molecular flexibility index (Phi) is 4.46. The predicted octanol–water partition coefficient (Wildman–Crippen LogP) is 0.545. The van der Waals surface area contributed by atoms with Crippen LogP contribution in [0.4, 0.5) is 11.4 Å². The molecule has 6 nitrogen and oxygen atoms in total. The van der Waals surface area contributed by atoms with Crippen molar-refractivity contribution < 1.29 is 4.79 Å². The Bertz CT molecular complexity index is 480. The summed E-state index contributed by atoms with van der Waals surface area (Å²) in [7, 11) is 5.61. The summed E-state index contributed by atoms with van der Waals surface area (Å²) in [6.07, 6.45) is 0. The van der Waals surface area contributed by atoms with Crippen LogP contribution < -0.4 is 11.2 Å². The summed E-state index contributed by atoms with van der Waals surface area (Å²) >= 11 is 0. The number of nitrogen functional groups attached to an aromatic ring is 1. The Balaban J connectivity index is 2.17. The quantitative estimate of drug-likeness (QED) is 0.790. The molecule has 1 fully saturated rings. The van der Waals surface area contributed by atoms with E-state index in [1.54, 1.807) is 31.1 Å². The van der Waals surface area contributed by atoms with Crippen molar-refractivity contribution in [1.82, 2.24) is 14.8 Å². The van der Waals surface area contributed by atoms with Crippen molar-refractivity contribution in [2.24, 2.45) is 0 Å². The number of rotatable bonds is 3. The number of carbonyl (C=O) groups excluding carboxylic acids is 1. The van der Waals surface area contributed by atoms with E-state index in [0.717, 1.165) is 31.9 Å². The summed E-state index contributed by atoms with van der Waals surface area (Å²) in [5.41, 5.74) is 11.2. The zero-order valence-corrected chi connectivity index (χ0v) is 12.4. The molecule has 0 aliphatic carbocycles. The number of hydrogen-bond donors (Lipinski definition) is 2. The molecule has 1 aliphatic rings. The zero-order chi connectivity index (χ0) is 14.7. The third-order valence-electron chi connectivity index (χ3n) is 3.46. The lowest BCUT2D eigenvalue weighted by Gasteiger charge is -2.33. The maximum Gasteiger partial charge on any atom is 0.255 e. The highest BCUT2D eigenvalue weighted by Gasteiger charge is 2.18. The molecule has 0 saturated carbocycles. The molecule has 0 bridgehead atoms. The van der Waals surface area contributed by atoms with E-state index in [-0.39, 0.29) is 5.91 Å². The summed E-state index contributed by atoms with van der Waals surface area (Å²) in [6, 6.07) is 5.34. The molecule has 6 heteroatoms. The van der Waals surface area contributed by atoms with Gasteiger partial charge in [-0.2, -0.15) is 0 Å². The van der Waals surface area contributed by atoms with Gasteiger partial charge in [-0.3, -0.25) is 4.79 Å². The Morgan fingerprint density at radius 1 is 1.25 bits per heavy atom. The molecule has 0 radical (unpaired) electrons. The Labute approximate surface area is 120 Å². The predicted molar refractivity (Wildman–Crippen MR) is 81.6 cm³/mol. The van der Waals surface area contributed by atoms with Gasteiger partial charge in [-0.15, -0.1) is 0 Å². The first-order valence-corrected chi connectivity index (χ1v) is 6.78. The smallest absolute Gasteiger partial charge is 0.255 e. The molecule has 0 atom stereocenters. The lowest BCUT2D eigenvalue weighted by Crippen LogP contribution is -2.47. The lowest BCUT2D eigenvalue weighted by atomic mass is 10.1. The van der Waals surface area contributed by atoms with Crippen LogP contribution >= 0.6 is 0 Å². The van der Waals surface area contributed by atoms with Gasteiger partial charge in [0.25, 0.3) is 5.91 Å². The largest absolute Gasteiger partial charge is 0.399 e. The number of nitrogens with one attached hydrogen (secondary N) is 1. The van der Waals surface area contributed by atoms with Gasteiger partial charge < -0.3 is 21.0 Å². The van der Waals surface area contributed by atoms with Crippen LogP contribution in [0.3, 0.4) is 0 Å². The lowest BCUT2D eigenvalue weighted by molar-refractivity contribution is 0.0828. The number of piperazine rings is 1. The molecule has 110 valence electrons. The number of hydrazine groups is 1. The van der Waals surface area contributed by atoms with E-state index in [1.807, 2.05) is 6.07 Å². The zero-order valence-electron chi connectivity index (χ0n) is 12.4. The van der Waals surface area contributed by atoms with Gasteiger partial charge >= 0.3 is 0 Å². The summed E-state index contributed by atoms with van der Waals surface area (Å²) < 4.78 is 0. The highest BCUT2D eigenvalue weighted by molar-refractivity contribution is 5.99. The standard InChI is InChI=1S/C14H23N5O/c1-17(2)14(20)12-5-4-11(15)10-13(12)16-19-8-6-18(3)7-9-19/h4-5,10,16H,6-9,15H2,1-3H3. The average molecular weight is 277 g/mol. The second kappa shape index (κ2) is 6.11. The second-order valence-corrected chi connectivity index (χ2v) is 5.41. The van der Waals surface area contributed by atoms with E-state index in [9.17, 15) is 4.79 Å². The van der Waals surface area contributed by atoms with Crippen molar-refractivity contribution in [1.29, 1.82) is 0 Å². The van der Waals surface area contributed by atoms with Crippen LogP contribution in [0.1, 0.15) is 10.4 Å². The molecule has 0 unspecified atom stereocenters. The molecule has 1 saturated heterocycles. The summed E-state index contributed by atoms with van der Waals surface area (Å²) in [5, 5.41) is 2.13. The van der Waals surface area contributed by atoms with Gasteiger partial charge in [-0.1, -0.05) is 0 Å². The van der Waals surface area contributed by atoms with Gasteiger partial charge in [0.15, 0.2) is 0 Å². The number of anilines is 2. The van der Waals surface area contributed by atoms with Crippen molar-refractivity contribution in [2.45, 2.75) is 0 Å². The van der Waals surface area contributed by atoms with E-state index in [0.29, 0.717) is 11.3 Å². The summed E-state index contributed by atoms with van der Waals surface area (Å²) in [4.78, 5) is 16.0. The monoisotopic (exact) mass is 277 g/mol. The van der Waals surface area contributed by atoms with Crippen LogP contribution in [0.15, 0.2) is 18.2 Å². The van der Waals surface area contributed by atoms with Crippen LogP contribution in [-0.4, -0.2) is 68.0 Å². The molecular formula is C14H23N5O. The number of likely N-dealkylation sites (N-methyl/N-ethyl adjacent to an activating group) is 1. The maximum absolute atomic E-state index is 12.2. The van der Waals surface area contributed by atoms with Crippen molar-refractivity contribution in [2.75, 3.05) is 58.5 Å². The number of nitrogens with two attached hydrogens (primary N) is 1. The van der Waals surface area contributed by atoms with Gasteiger partial charge in [0, 0.05) is 46.0 Å². The van der Waals surface area contributed by atoms with Crippen molar-refractivity contribution in [3.05, 3.63) is 23.8 Å². The molecule has 1 aromatic carbocycles. The third kappa shape index (κ3) is 3.40. The number of benzene rings is 1. The highest BCUT2D eigenvalue weighted by atomic mass is 16.2. The van der Waals surface area contributed by atoms with Crippen molar-refractivity contribution in [3.8, 4) is 0 Å². The number of nitrogens with zero attached hydrogens (tertiary/aromatic N) is 3. The minimum absolute atomic E-state index is 0.0263. The number of hydrogen-bond acceptors (Lipinski definition) is 5. The minimum Gasteiger partial charge on any atom is -0.399 e. The fourth-order valence-corrected chi connectivity index (χ4v) is 2.17. The van der Waals surface area contributed by atoms with Gasteiger partial charge in [0.2, 0.25) is 0 Å². The first-order valence-electron chi connectivity index (χ1n) is 6.78. The van der Waals surface area contributed by atoms with E-state index < -0.39 is 0 Å². The second-order valence-electron chi connectivity index (χ2n) is 5.41. The molecule has 1 aromatic rings. The average Bonchev–Trinajstić information content (AvgIpc) is 2.41. The molecule has 0 spiro atoms.